The molecule has 6 heteroatoms. The molecule has 1 fully saturated rings. The monoisotopic (exact) mass is 315 g/mol. The van der Waals surface area contributed by atoms with Gasteiger partial charge in [-0.2, -0.15) is 0 Å². The molecule has 2 unspecified atom stereocenters. The number of nitrogens with one attached hydrogen (secondary N) is 1. The van der Waals surface area contributed by atoms with Crippen LogP contribution in [-0.4, -0.2) is 29.7 Å². The number of amides is 1. The van der Waals surface area contributed by atoms with E-state index in [-0.39, 0.29) is 23.5 Å². The Morgan fingerprint density at radius 2 is 2.04 bits per heavy atom. The number of furan rings is 1. The standard InChI is InChI=1S/C17H17NO5/c19-16(14-9-12(10-23-14)17(20)21)18-15(13-7-4-8-22-13)11-5-2-1-3-6-11/h1-3,5-6,9-10,13,15H,4,7-8H2,(H,18,19)(H,20,21). The Labute approximate surface area is 133 Å². The van der Waals surface area contributed by atoms with E-state index in [4.69, 9.17) is 14.3 Å². The first-order valence-corrected chi connectivity index (χ1v) is 7.44. The third-order valence-electron chi connectivity index (χ3n) is 3.85. The fourth-order valence-electron chi connectivity index (χ4n) is 2.70. The van der Waals surface area contributed by atoms with Crippen LogP contribution in [0.4, 0.5) is 0 Å². The molecule has 1 aromatic heterocycles. The van der Waals surface area contributed by atoms with Gasteiger partial charge in [-0.1, -0.05) is 30.3 Å². The third kappa shape index (κ3) is 3.43. The normalized spacial score (nSPS) is 18.5. The number of ether oxygens (including phenoxy) is 1. The summed E-state index contributed by atoms with van der Waals surface area (Å²) in [5, 5.41) is 11.8. The highest BCUT2D eigenvalue weighted by Crippen LogP contribution is 2.27. The van der Waals surface area contributed by atoms with Crippen molar-refractivity contribution < 1.29 is 23.8 Å². The third-order valence-corrected chi connectivity index (χ3v) is 3.85. The fraction of sp³-hybridized carbons (Fsp3) is 0.294. The maximum absolute atomic E-state index is 12.4. The molecule has 0 bridgehead atoms. The molecular weight excluding hydrogens is 298 g/mol. The Hall–Kier alpha value is -2.60. The summed E-state index contributed by atoms with van der Waals surface area (Å²) in [6.07, 6.45) is 2.77. The minimum absolute atomic E-state index is 0.0265. The van der Waals surface area contributed by atoms with Crippen molar-refractivity contribution in [2.45, 2.75) is 25.0 Å². The lowest BCUT2D eigenvalue weighted by Gasteiger charge is -2.24. The van der Waals surface area contributed by atoms with E-state index < -0.39 is 11.9 Å². The molecule has 2 atom stereocenters. The molecule has 1 saturated heterocycles. The lowest BCUT2D eigenvalue weighted by Crippen LogP contribution is -2.36. The molecule has 3 rings (SSSR count). The molecule has 0 radical (unpaired) electrons. The molecule has 1 aliphatic rings. The van der Waals surface area contributed by atoms with Gasteiger partial charge in [0.1, 0.15) is 6.26 Å². The smallest absolute Gasteiger partial charge is 0.338 e. The summed E-state index contributed by atoms with van der Waals surface area (Å²) < 4.78 is 10.8. The Morgan fingerprint density at radius 1 is 1.26 bits per heavy atom. The van der Waals surface area contributed by atoms with Crippen molar-refractivity contribution in [1.29, 1.82) is 0 Å². The minimum atomic E-state index is -1.13. The van der Waals surface area contributed by atoms with Gasteiger partial charge in [0.15, 0.2) is 5.76 Å². The van der Waals surface area contributed by atoms with Crippen LogP contribution in [0.5, 0.6) is 0 Å². The molecule has 23 heavy (non-hydrogen) atoms. The van der Waals surface area contributed by atoms with Crippen LogP contribution in [0, 0.1) is 0 Å². The molecule has 2 N–H and O–H groups in total. The predicted molar refractivity (Wildman–Crippen MR) is 81.3 cm³/mol. The molecule has 1 aromatic carbocycles. The zero-order valence-electron chi connectivity index (χ0n) is 12.4. The Kier molecular flexibility index (Phi) is 4.43. The van der Waals surface area contributed by atoms with E-state index in [1.54, 1.807) is 0 Å². The lowest BCUT2D eigenvalue weighted by molar-refractivity contribution is 0.0658. The van der Waals surface area contributed by atoms with E-state index in [1.807, 2.05) is 30.3 Å². The maximum Gasteiger partial charge on any atom is 0.338 e. The quantitative estimate of drug-likeness (QED) is 0.885. The van der Waals surface area contributed by atoms with Gasteiger partial charge in [0.2, 0.25) is 0 Å². The zero-order chi connectivity index (χ0) is 16.2. The van der Waals surface area contributed by atoms with Crippen LogP contribution in [-0.2, 0) is 4.74 Å². The second kappa shape index (κ2) is 6.66. The fourth-order valence-corrected chi connectivity index (χ4v) is 2.70. The van der Waals surface area contributed by atoms with Crippen LogP contribution in [0.2, 0.25) is 0 Å². The number of benzene rings is 1. The summed E-state index contributed by atoms with van der Waals surface area (Å²) in [6.45, 7) is 0.674. The van der Waals surface area contributed by atoms with E-state index in [2.05, 4.69) is 5.32 Å². The molecule has 2 heterocycles. The average Bonchev–Trinajstić information content (AvgIpc) is 3.24. The molecule has 2 aromatic rings. The van der Waals surface area contributed by atoms with Crippen LogP contribution in [0.25, 0.3) is 0 Å². The number of hydrogen-bond acceptors (Lipinski definition) is 4. The van der Waals surface area contributed by atoms with Gasteiger partial charge < -0.3 is 19.6 Å². The summed E-state index contributed by atoms with van der Waals surface area (Å²) in [4.78, 5) is 23.2. The van der Waals surface area contributed by atoms with Crippen molar-refractivity contribution in [2.24, 2.45) is 0 Å². The SMILES string of the molecule is O=C(O)c1coc(C(=O)NC(c2ccccc2)C2CCCO2)c1. The molecule has 0 spiro atoms. The van der Waals surface area contributed by atoms with Gasteiger partial charge >= 0.3 is 5.97 Å². The maximum atomic E-state index is 12.4. The first-order chi connectivity index (χ1) is 11.1. The largest absolute Gasteiger partial charge is 0.478 e. The molecule has 6 nitrogen and oxygen atoms in total. The van der Waals surface area contributed by atoms with E-state index in [9.17, 15) is 9.59 Å². The summed E-state index contributed by atoms with van der Waals surface area (Å²) in [7, 11) is 0. The Morgan fingerprint density at radius 3 is 2.65 bits per heavy atom. The highest BCUT2D eigenvalue weighted by atomic mass is 16.5. The second-order valence-electron chi connectivity index (χ2n) is 5.42. The number of hydrogen-bond donors (Lipinski definition) is 2. The van der Waals surface area contributed by atoms with Gasteiger partial charge in [-0.25, -0.2) is 4.79 Å². The van der Waals surface area contributed by atoms with Crippen molar-refractivity contribution in [1.82, 2.24) is 5.32 Å². The van der Waals surface area contributed by atoms with Crippen LogP contribution >= 0.6 is 0 Å². The average molecular weight is 315 g/mol. The summed E-state index contributed by atoms with van der Waals surface area (Å²) in [5.41, 5.74) is 0.890. The van der Waals surface area contributed by atoms with Gasteiger partial charge in [0.25, 0.3) is 5.91 Å². The lowest BCUT2D eigenvalue weighted by atomic mass is 9.99. The molecule has 0 aliphatic carbocycles. The highest BCUT2D eigenvalue weighted by Gasteiger charge is 2.29. The first kappa shape index (κ1) is 15.3. The van der Waals surface area contributed by atoms with E-state index in [0.717, 1.165) is 24.7 Å². The molecule has 1 amide bonds. The van der Waals surface area contributed by atoms with Gasteiger partial charge in [-0.15, -0.1) is 0 Å². The van der Waals surface area contributed by atoms with Crippen LogP contribution in [0.1, 0.15) is 45.4 Å². The topological polar surface area (TPSA) is 88.8 Å². The van der Waals surface area contributed by atoms with Crippen molar-refractivity contribution in [3.05, 3.63) is 59.5 Å². The second-order valence-corrected chi connectivity index (χ2v) is 5.42. The number of carbonyl (C=O) groups is 2. The van der Waals surface area contributed by atoms with E-state index >= 15 is 0 Å². The molecule has 120 valence electrons. The zero-order valence-corrected chi connectivity index (χ0v) is 12.4. The number of aromatic carboxylic acids is 1. The molecular formula is C17H17NO5. The summed E-state index contributed by atoms with van der Waals surface area (Å²) in [5.74, 6) is -1.62. The molecule has 1 aliphatic heterocycles. The van der Waals surface area contributed by atoms with E-state index in [1.165, 1.54) is 6.07 Å². The van der Waals surface area contributed by atoms with Gasteiger partial charge in [-0.3, -0.25) is 4.79 Å². The van der Waals surface area contributed by atoms with Crippen molar-refractivity contribution in [3.8, 4) is 0 Å². The Bertz CT molecular complexity index is 688. The first-order valence-electron chi connectivity index (χ1n) is 7.44. The number of rotatable bonds is 5. The van der Waals surface area contributed by atoms with Crippen LogP contribution in [0.3, 0.4) is 0 Å². The van der Waals surface area contributed by atoms with E-state index in [0.29, 0.717) is 6.61 Å². The van der Waals surface area contributed by atoms with Crippen molar-refractivity contribution in [3.63, 3.8) is 0 Å². The summed E-state index contributed by atoms with van der Waals surface area (Å²) in [6, 6.07) is 10.5. The van der Waals surface area contributed by atoms with Gasteiger partial charge in [-0.05, 0) is 18.4 Å². The Balaban J connectivity index is 1.80. The van der Waals surface area contributed by atoms with Crippen molar-refractivity contribution in [2.75, 3.05) is 6.61 Å². The molecule has 0 saturated carbocycles. The van der Waals surface area contributed by atoms with Crippen molar-refractivity contribution >= 4 is 11.9 Å². The van der Waals surface area contributed by atoms with Crippen LogP contribution < -0.4 is 5.32 Å². The van der Waals surface area contributed by atoms with Crippen LogP contribution in [0.15, 0.2) is 47.1 Å². The number of carboxylic acids is 1. The number of carbonyl (C=O) groups excluding carboxylic acids is 1. The van der Waals surface area contributed by atoms with Gasteiger partial charge in [0, 0.05) is 12.7 Å². The highest BCUT2D eigenvalue weighted by molar-refractivity contribution is 5.95. The predicted octanol–water partition coefficient (Wildman–Crippen LogP) is 2.63. The minimum Gasteiger partial charge on any atom is -0.478 e. The summed E-state index contributed by atoms with van der Waals surface area (Å²) >= 11 is 0. The number of carboxylic acid groups (broad SMARTS) is 1. The van der Waals surface area contributed by atoms with Gasteiger partial charge in [0.05, 0.1) is 17.7 Å².